The van der Waals surface area contributed by atoms with Crippen LogP contribution >= 0.6 is 0 Å². The Kier molecular flexibility index (Phi) is 5.61. The van der Waals surface area contributed by atoms with Crippen molar-refractivity contribution in [3.8, 4) is 0 Å². The molecule has 2 heterocycles. The lowest BCUT2D eigenvalue weighted by atomic mass is 9.94. The van der Waals surface area contributed by atoms with E-state index in [4.69, 9.17) is 5.73 Å². The molecular formula is C18H31N5O2. The lowest BCUT2D eigenvalue weighted by molar-refractivity contribution is -0.134. The number of amides is 1. The lowest BCUT2D eigenvalue weighted by Crippen LogP contribution is -2.47. The fraction of sp³-hybridized carbons (Fsp3) is 0.833. The number of piperidine rings is 1. The summed E-state index contributed by atoms with van der Waals surface area (Å²) in [5.41, 5.74) is 6.13. The van der Waals surface area contributed by atoms with Crippen molar-refractivity contribution in [1.29, 1.82) is 0 Å². The SMILES string of the molecule is CCn1c(C2CCN(C(=O)[C@@H](N)CC3CCCC3)CC2)nn(C)c1=O. The third-order valence-electron chi connectivity index (χ3n) is 5.90. The van der Waals surface area contributed by atoms with Crippen LogP contribution < -0.4 is 11.4 Å². The van der Waals surface area contributed by atoms with E-state index in [1.165, 1.54) is 30.4 Å². The minimum atomic E-state index is -0.358. The van der Waals surface area contributed by atoms with Crippen molar-refractivity contribution in [2.45, 2.75) is 70.4 Å². The fourth-order valence-corrected chi connectivity index (χ4v) is 4.42. The Hall–Kier alpha value is -1.63. The maximum absolute atomic E-state index is 12.6. The van der Waals surface area contributed by atoms with Gasteiger partial charge in [0.2, 0.25) is 5.91 Å². The lowest BCUT2D eigenvalue weighted by Gasteiger charge is -2.33. The molecule has 1 amide bonds. The van der Waals surface area contributed by atoms with Crippen LogP contribution in [-0.2, 0) is 18.4 Å². The van der Waals surface area contributed by atoms with Gasteiger partial charge in [-0.25, -0.2) is 9.48 Å². The Bertz CT molecular complexity index is 651. The van der Waals surface area contributed by atoms with E-state index in [9.17, 15) is 9.59 Å². The van der Waals surface area contributed by atoms with Crippen LogP contribution in [0.5, 0.6) is 0 Å². The first-order valence-corrected chi connectivity index (χ1v) is 9.69. The molecule has 0 aromatic carbocycles. The molecule has 2 N–H and O–H groups in total. The van der Waals surface area contributed by atoms with E-state index in [0.29, 0.717) is 25.6 Å². The highest BCUT2D eigenvalue weighted by atomic mass is 16.2. The van der Waals surface area contributed by atoms with Gasteiger partial charge in [-0.3, -0.25) is 9.36 Å². The predicted molar refractivity (Wildman–Crippen MR) is 96.2 cm³/mol. The van der Waals surface area contributed by atoms with E-state index in [0.717, 1.165) is 25.1 Å². The number of rotatable bonds is 5. The van der Waals surface area contributed by atoms with Gasteiger partial charge in [0.1, 0.15) is 5.82 Å². The topological polar surface area (TPSA) is 86.2 Å². The van der Waals surface area contributed by atoms with E-state index >= 15 is 0 Å². The van der Waals surface area contributed by atoms with Crippen molar-refractivity contribution in [3.05, 3.63) is 16.3 Å². The number of hydrogen-bond acceptors (Lipinski definition) is 4. The molecule has 2 aliphatic rings. The minimum absolute atomic E-state index is 0.0606. The van der Waals surface area contributed by atoms with Gasteiger partial charge in [-0.05, 0) is 32.1 Å². The summed E-state index contributed by atoms with van der Waals surface area (Å²) in [6.07, 6.45) is 7.51. The number of hydrogen-bond donors (Lipinski definition) is 1. The van der Waals surface area contributed by atoms with Crippen molar-refractivity contribution >= 4 is 5.91 Å². The number of carbonyl (C=O) groups excluding carboxylic acids is 1. The summed E-state index contributed by atoms with van der Waals surface area (Å²) in [6.45, 7) is 4.01. The summed E-state index contributed by atoms with van der Waals surface area (Å²) < 4.78 is 3.15. The molecule has 0 bridgehead atoms. The molecule has 1 saturated carbocycles. The molecule has 0 unspecified atom stereocenters. The second-order valence-electron chi connectivity index (χ2n) is 7.60. The van der Waals surface area contributed by atoms with Gasteiger partial charge in [0.25, 0.3) is 0 Å². The van der Waals surface area contributed by atoms with E-state index in [2.05, 4.69) is 5.10 Å². The molecule has 1 saturated heterocycles. The number of carbonyl (C=O) groups is 1. The zero-order chi connectivity index (χ0) is 18.0. The summed E-state index contributed by atoms with van der Waals surface area (Å²) in [5.74, 6) is 1.82. The van der Waals surface area contributed by atoms with Crippen molar-refractivity contribution in [2.75, 3.05) is 13.1 Å². The minimum Gasteiger partial charge on any atom is -0.341 e. The number of nitrogens with two attached hydrogens (primary N) is 1. The van der Waals surface area contributed by atoms with Gasteiger partial charge in [0, 0.05) is 32.6 Å². The molecule has 0 radical (unpaired) electrons. The van der Waals surface area contributed by atoms with E-state index in [1.54, 1.807) is 11.6 Å². The third-order valence-corrected chi connectivity index (χ3v) is 5.90. The van der Waals surface area contributed by atoms with Crippen molar-refractivity contribution in [1.82, 2.24) is 19.2 Å². The van der Waals surface area contributed by atoms with E-state index in [1.807, 2.05) is 11.8 Å². The Balaban J connectivity index is 1.57. The third kappa shape index (κ3) is 3.81. The van der Waals surface area contributed by atoms with E-state index in [-0.39, 0.29) is 23.6 Å². The van der Waals surface area contributed by atoms with Gasteiger partial charge in [0.15, 0.2) is 0 Å². The first-order valence-electron chi connectivity index (χ1n) is 9.69. The predicted octanol–water partition coefficient (Wildman–Crippen LogP) is 1.22. The fourth-order valence-electron chi connectivity index (χ4n) is 4.42. The summed E-state index contributed by atoms with van der Waals surface area (Å²) >= 11 is 0. The van der Waals surface area contributed by atoms with E-state index < -0.39 is 0 Å². The Morgan fingerprint density at radius 3 is 2.48 bits per heavy atom. The van der Waals surface area contributed by atoms with Gasteiger partial charge in [-0.2, -0.15) is 5.10 Å². The van der Waals surface area contributed by atoms with Crippen LogP contribution in [0.15, 0.2) is 4.79 Å². The first kappa shape index (κ1) is 18.2. The molecule has 1 aliphatic heterocycles. The van der Waals surface area contributed by atoms with Crippen molar-refractivity contribution < 1.29 is 4.79 Å². The number of nitrogens with zero attached hydrogens (tertiary/aromatic N) is 4. The second kappa shape index (κ2) is 7.72. The quantitative estimate of drug-likeness (QED) is 0.866. The monoisotopic (exact) mass is 349 g/mol. The Labute approximate surface area is 149 Å². The molecule has 1 atom stereocenters. The standard InChI is InChI=1S/C18H31N5O2/c1-3-23-16(20-21(2)18(23)25)14-8-10-22(11-9-14)17(24)15(19)12-13-6-4-5-7-13/h13-15H,3-12,19H2,1-2H3/t15-/m0/s1. The molecule has 1 aromatic heterocycles. The Morgan fingerprint density at radius 2 is 1.88 bits per heavy atom. The van der Waals surface area contributed by atoms with Gasteiger partial charge in [-0.1, -0.05) is 25.7 Å². The molecular weight excluding hydrogens is 318 g/mol. The molecule has 1 aliphatic carbocycles. The largest absolute Gasteiger partial charge is 0.345 e. The summed E-state index contributed by atoms with van der Waals surface area (Å²) in [6, 6.07) is -0.358. The summed E-state index contributed by atoms with van der Waals surface area (Å²) in [5, 5.41) is 4.42. The first-order chi connectivity index (χ1) is 12.0. The zero-order valence-corrected chi connectivity index (χ0v) is 15.5. The van der Waals surface area contributed by atoms with Crippen LogP contribution in [0.25, 0.3) is 0 Å². The van der Waals surface area contributed by atoms with Gasteiger partial charge in [-0.15, -0.1) is 0 Å². The molecule has 140 valence electrons. The van der Waals surface area contributed by atoms with Crippen LogP contribution in [0.1, 0.15) is 63.6 Å². The Morgan fingerprint density at radius 1 is 1.24 bits per heavy atom. The number of likely N-dealkylation sites (tertiary alicyclic amines) is 1. The molecule has 7 nitrogen and oxygen atoms in total. The highest BCUT2D eigenvalue weighted by Gasteiger charge is 2.31. The van der Waals surface area contributed by atoms with Crippen molar-refractivity contribution in [2.24, 2.45) is 18.7 Å². The summed E-state index contributed by atoms with van der Waals surface area (Å²) in [7, 11) is 1.69. The zero-order valence-electron chi connectivity index (χ0n) is 15.5. The smallest absolute Gasteiger partial charge is 0.341 e. The number of aromatic nitrogens is 3. The van der Waals surface area contributed by atoms with Gasteiger partial charge >= 0.3 is 5.69 Å². The second-order valence-corrected chi connectivity index (χ2v) is 7.60. The molecule has 7 heteroatoms. The molecule has 1 aromatic rings. The average Bonchev–Trinajstić information content (AvgIpc) is 3.23. The van der Waals surface area contributed by atoms with Crippen LogP contribution in [0, 0.1) is 5.92 Å². The van der Waals surface area contributed by atoms with Gasteiger partial charge in [0.05, 0.1) is 6.04 Å². The number of aryl methyl sites for hydroxylation is 1. The van der Waals surface area contributed by atoms with Crippen LogP contribution in [0.2, 0.25) is 0 Å². The molecule has 3 rings (SSSR count). The maximum Gasteiger partial charge on any atom is 0.345 e. The van der Waals surface area contributed by atoms with Crippen LogP contribution in [0.4, 0.5) is 0 Å². The molecule has 2 fully saturated rings. The van der Waals surface area contributed by atoms with Crippen molar-refractivity contribution in [3.63, 3.8) is 0 Å². The highest BCUT2D eigenvalue weighted by Crippen LogP contribution is 2.30. The summed E-state index contributed by atoms with van der Waals surface area (Å²) in [4.78, 5) is 26.6. The normalized spacial score (nSPS) is 21.0. The molecule has 25 heavy (non-hydrogen) atoms. The van der Waals surface area contributed by atoms with Crippen LogP contribution in [0.3, 0.4) is 0 Å². The van der Waals surface area contributed by atoms with Gasteiger partial charge < -0.3 is 10.6 Å². The average molecular weight is 349 g/mol. The maximum atomic E-state index is 12.6. The molecule has 0 spiro atoms. The highest BCUT2D eigenvalue weighted by molar-refractivity contribution is 5.81. The van der Waals surface area contributed by atoms with Crippen LogP contribution in [-0.4, -0.2) is 44.3 Å².